The zero-order valence-electron chi connectivity index (χ0n) is 10.6. The highest BCUT2D eigenvalue weighted by Crippen LogP contribution is 2.25. The Morgan fingerprint density at radius 3 is 2.41 bits per heavy atom. The van der Waals surface area contributed by atoms with Gasteiger partial charge in [-0.05, 0) is 27.7 Å². The van der Waals surface area contributed by atoms with E-state index in [4.69, 9.17) is 9.47 Å². The van der Waals surface area contributed by atoms with Crippen LogP contribution in [0.4, 0.5) is 4.79 Å². The molecule has 1 saturated heterocycles. The minimum atomic E-state index is -0.761. The highest BCUT2D eigenvalue weighted by Gasteiger charge is 2.38. The van der Waals surface area contributed by atoms with Crippen LogP contribution in [-0.2, 0) is 14.3 Å². The van der Waals surface area contributed by atoms with Crippen LogP contribution in [0.2, 0.25) is 0 Å². The van der Waals surface area contributed by atoms with Crippen molar-refractivity contribution in [2.45, 2.75) is 39.3 Å². The average Bonchev–Trinajstić information content (AvgIpc) is 2.12. The maximum Gasteiger partial charge on any atom is 0.415 e. The summed E-state index contributed by atoms with van der Waals surface area (Å²) in [7, 11) is 0. The number of rotatable bonds is 0. The van der Waals surface area contributed by atoms with Crippen molar-refractivity contribution in [2.24, 2.45) is 0 Å². The molecule has 1 fully saturated rings. The maximum absolute atomic E-state index is 11.9. The SMILES string of the molecule is C=C1OC(=O)C(C)N(C(=O)OC(C)(C)C)C1=C. The second kappa shape index (κ2) is 4.24. The summed E-state index contributed by atoms with van der Waals surface area (Å²) in [6, 6.07) is -0.761. The first-order chi connectivity index (χ1) is 7.63. The van der Waals surface area contributed by atoms with Gasteiger partial charge in [-0.25, -0.2) is 9.59 Å². The van der Waals surface area contributed by atoms with Crippen molar-refractivity contribution in [1.82, 2.24) is 4.90 Å². The Morgan fingerprint density at radius 2 is 1.94 bits per heavy atom. The summed E-state index contributed by atoms with van der Waals surface area (Å²) in [6.07, 6.45) is -0.632. The van der Waals surface area contributed by atoms with Gasteiger partial charge in [-0.2, -0.15) is 0 Å². The van der Waals surface area contributed by atoms with Crippen LogP contribution in [0.15, 0.2) is 24.6 Å². The van der Waals surface area contributed by atoms with Crippen LogP contribution in [-0.4, -0.2) is 28.6 Å². The largest absolute Gasteiger partial charge is 0.443 e. The molecular formula is C12H17NO4. The van der Waals surface area contributed by atoms with E-state index in [0.29, 0.717) is 0 Å². The van der Waals surface area contributed by atoms with Crippen LogP contribution in [0.25, 0.3) is 0 Å². The molecule has 1 aliphatic rings. The quantitative estimate of drug-likeness (QED) is 0.608. The fourth-order valence-corrected chi connectivity index (χ4v) is 1.32. The van der Waals surface area contributed by atoms with Gasteiger partial charge in [0, 0.05) is 0 Å². The van der Waals surface area contributed by atoms with Gasteiger partial charge in [-0.15, -0.1) is 0 Å². The number of esters is 1. The smallest absolute Gasteiger partial charge is 0.415 e. The Labute approximate surface area is 101 Å². The predicted octanol–water partition coefficient (Wildman–Crippen LogP) is 2.20. The molecule has 1 amide bonds. The summed E-state index contributed by atoms with van der Waals surface area (Å²) in [5.74, 6) is -0.479. The topological polar surface area (TPSA) is 55.8 Å². The number of morpholine rings is 1. The lowest BCUT2D eigenvalue weighted by atomic mass is 10.2. The van der Waals surface area contributed by atoms with Crippen molar-refractivity contribution < 1.29 is 19.1 Å². The fraction of sp³-hybridized carbons (Fsp3) is 0.500. The highest BCUT2D eigenvalue weighted by molar-refractivity contribution is 5.86. The Kier molecular flexibility index (Phi) is 3.31. The lowest BCUT2D eigenvalue weighted by Crippen LogP contribution is -2.49. The lowest BCUT2D eigenvalue weighted by molar-refractivity contribution is -0.147. The van der Waals surface area contributed by atoms with Crippen molar-refractivity contribution >= 4 is 12.1 Å². The Bertz CT molecular complexity index is 392. The van der Waals surface area contributed by atoms with Crippen molar-refractivity contribution in [3.63, 3.8) is 0 Å². The summed E-state index contributed by atoms with van der Waals surface area (Å²) in [5, 5.41) is 0. The zero-order chi connectivity index (χ0) is 13.4. The maximum atomic E-state index is 11.9. The third-order valence-electron chi connectivity index (χ3n) is 2.16. The van der Waals surface area contributed by atoms with Crippen LogP contribution in [0.3, 0.4) is 0 Å². The predicted molar refractivity (Wildman–Crippen MR) is 61.9 cm³/mol. The van der Waals surface area contributed by atoms with E-state index in [0.717, 1.165) is 4.90 Å². The fourth-order valence-electron chi connectivity index (χ4n) is 1.32. The third kappa shape index (κ3) is 2.87. The number of nitrogens with zero attached hydrogens (tertiary/aromatic N) is 1. The number of hydrogen-bond acceptors (Lipinski definition) is 4. The van der Waals surface area contributed by atoms with Gasteiger partial charge in [-0.1, -0.05) is 13.2 Å². The van der Waals surface area contributed by atoms with Crippen LogP contribution < -0.4 is 0 Å². The number of amides is 1. The van der Waals surface area contributed by atoms with E-state index < -0.39 is 23.7 Å². The minimum absolute atomic E-state index is 0.0685. The van der Waals surface area contributed by atoms with Crippen LogP contribution in [0.5, 0.6) is 0 Å². The molecule has 0 aromatic carbocycles. The summed E-state index contributed by atoms with van der Waals surface area (Å²) in [6.45, 7) is 14.0. The second-order valence-electron chi connectivity index (χ2n) is 4.82. The molecular weight excluding hydrogens is 222 g/mol. The summed E-state index contributed by atoms with van der Waals surface area (Å²) >= 11 is 0. The molecule has 1 rings (SSSR count). The lowest BCUT2D eigenvalue weighted by Gasteiger charge is -2.35. The molecule has 0 spiro atoms. The summed E-state index contributed by atoms with van der Waals surface area (Å²) in [5.41, 5.74) is -0.397. The van der Waals surface area contributed by atoms with Gasteiger partial charge in [-0.3, -0.25) is 4.90 Å². The molecule has 17 heavy (non-hydrogen) atoms. The molecule has 1 heterocycles. The monoisotopic (exact) mass is 239 g/mol. The first-order valence-electron chi connectivity index (χ1n) is 5.25. The van der Waals surface area contributed by atoms with E-state index in [-0.39, 0.29) is 11.5 Å². The van der Waals surface area contributed by atoms with E-state index in [9.17, 15) is 9.59 Å². The molecule has 0 saturated carbocycles. The minimum Gasteiger partial charge on any atom is -0.443 e. The molecule has 1 unspecified atom stereocenters. The normalized spacial score (nSPS) is 21.3. The summed E-state index contributed by atoms with van der Waals surface area (Å²) < 4.78 is 10.0. The standard InChI is InChI=1S/C12H17NO4/c1-7-9(3)16-10(14)8(2)13(7)11(15)17-12(4,5)6/h8H,1,3H2,2,4-6H3. The Hall–Kier alpha value is -1.78. The van der Waals surface area contributed by atoms with Gasteiger partial charge in [0.15, 0.2) is 0 Å². The number of ether oxygens (including phenoxy) is 2. The first kappa shape index (κ1) is 13.3. The van der Waals surface area contributed by atoms with Gasteiger partial charge in [0.05, 0.1) is 5.70 Å². The average molecular weight is 239 g/mol. The van der Waals surface area contributed by atoms with E-state index in [1.165, 1.54) is 0 Å². The molecule has 94 valence electrons. The molecule has 5 nitrogen and oxygen atoms in total. The molecule has 0 radical (unpaired) electrons. The van der Waals surface area contributed by atoms with E-state index in [2.05, 4.69) is 13.2 Å². The Balaban J connectivity index is 2.93. The van der Waals surface area contributed by atoms with E-state index >= 15 is 0 Å². The molecule has 0 aromatic rings. The second-order valence-corrected chi connectivity index (χ2v) is 4.82. The van der Waals surface area contributed by atoms with Crippen LogP contribution >= 0.6 is 0 Å². The molecule has 0 aromatic heterocycles. The first-order valence-corrected chi connectivity index (χ1v) is 5.25. The highest BCUT2D eigenvalue weighted by atomic mass is 16.6. The van der Waals surface area contributed by atoms with Crippen molar-refractivity contribution in [3.8, 4) is 0 Å². The molecule has 5 heteroatoms. The Morgan fingerprint density at radius 1 is 1.41 bits per heavy atom. The summed E-state index contributed by atoms with van der Waals surface area (Å²) in [4.78, 5) is 24.5. The number of carbonyl (C=O) groups is 2. The van der Waals surface area contributed by atoms with Crippen LogP contribution in [0.1, 0.15) is 27.7 Å². The van der Waals surface area contributed by atoms with Gasteiger partial charge in [0.25, 0.3) is 0 Å². The third-order valence-corrected chi connectivity index (χ3v) is 2.16. The number of cyclic esters (lactones) is 1. The number of hydrogen-bond donors (Lipinski definition) is 0. The van der Waals surface area contributed by atoms with Gasteiger partial charge < -0.3 is 9.47 Å². The van der Waals surface area contributed by atoms with Gasteiger partial charge in [0.2, 0.25) is 0 Å². The van der Waals surface area contributed by atoms with Crippen molar-refractivity contribution in [3.05, 3.63) is 24.6 Å². The zero-order valence-corrected chi connectivity index (χ0v) is 10.6. The molecule has 0 N–H and O–H groups in total. The molecule has 1 aliphatic heterocycles. The van der Waals surface area contributed by atoms with Crippen molar-refractivity contribution in [1.29, 1.82) is 0 Å². The van der Waals surface area contributed by atoms with E-state index in [1.54, 1.807) is 27.7 Å². The molecule has 1 atom stereocenters. The number of carbonyl (C=O) groups excluding carboxylic acids is 2. The van der Waals surface area contributed by atoms with Crippen molar-refractivity contribution in [2.75, 3.05) is 0 Å². The molecule has 0 bridgehead atoms. The molecule has 0 aliphatic carbocycles. The van der Waals surface area contributed by atoms with Crippen LogP contribution in [0, 0.1) is 0 Å². The van der Waals surface area contributed by atoms with Gasteiger partial charge in [0.1, 0.15) is 17.4 Å². The van der Waals surface area contributed by atoms with E-state index in [1.807, 2.05) is 0 Å². The van der Waals surface area contributed by atoms with Gasteiger partial charge >= 0.3 is 12.1 Å².